The number of benzene rings is 2. The SMILES string of the molecule is CCc1ccc(C(=O)NCc2cc(OC)ccc2OC)cc1S(=O)(=O)N1CCOCC1. The number of rotatable bonds is 8. The van der Waals surface area contributed by atoms with Crippen LogP contribution in [0.1, 0.15) is 28.4 Å². The van der Waals surface area contributed by atoms with Gasteiger partial charge in [-0.25, -0.2) is 8.42 Å². The smallest absolute Gasteiger partial charge is 0.251 e. The molecule has 1 saturated heterocycles. The number of carbonyl (C=O) groups is 1. The van der Waals surface area contributed by atoms with Gasteiger partial charge in [0.05, 0.1) is 32.3 Å². The molecule has 168 valence electrons. The first-order chi connectivity index (χ1) is 14.9. The molecule has 0 spiro atoms. The van der Waals surface area contributed by atoms with Gasteiger partial charge in [0.1, 0.15) is 11.5 Å². The Morgan fingerprint density at radius 2 is 1.81 bits per heavy atom. The van der Waals surface area contributed by atoms with E-state index in [1.54, 1.807) is 44.6 Å². The maximum Gasteiger partial charge on any atom is 0.251 e. The van der Waals surface area contributed by atoms with Gasteiger partial charge in [-0.05, 0) is 42.3 Å². The van der Waals surface area contributed by atoms with Crippen LogP contribution >= 0.6 is 0 Å². The van der Waals surface area contributed by atoms with Crippen molar-refractivity contribution in [3.05, 3.63) is 53.1 Å². The van der Waals surface area contributed by atoms with Gasteiger partial charge in [-0.15, -0.1) is 0 Å². The van der Waals surface area contributed by atoms with Crippen LogP contribution in [0.15, 0.2) is 41.3 Å². The molecule has 0 saturated carbocycles. The van der Waals surface area contributed by atoms with E-state index >= 15 is 0 Å². The second kappa shape index (κ2) is 10.1. The van der Waals surface area contributed by atoms with E-state index in [2.05, 4.69) is 5.32 Å². The van der Waals surface area contributed by atoms with Crippen LogP contribution in [0.2, 0.25) is 0 Å². The Hall–Kier alpha value is -2.62. The van der Waals surface area contributed by atoms with Crippen molar-refractivity contribution in [3.8, 4) is 11.5 Å². The number of nitrogens with one attached hydrogen (secondary N) is 1. The molecule has 0 bridgehead atoms. The van der Waals surface area contributed by atoms with Crippen molar-refractivity contribution >= 4 is 15.9 Å². The molecular formula is C22H28N2O6S. The van der Waals surface area contributed by atoms with Crippen LogP contribution in [0.5, 0.6) is 11.5 Å². The highest BCUT2D eigenvalue weighted by Crippen LogP contribution is 2.25. The molecule has 8 nitrogen and oxygen atoms in total. The highest BCUT2D eigenvalue weighted by molar-refractivity contribution is 7.89. The number of hydrogen-bond acceptors (Lipinski definition) is 6. The Morgan fingerprint density at radius 1 is 1.06 bits per heavy atom. The van der Waals surface area contributed by atoms with Crippen LogP contribution in [0, 0.1) is 0 Å². The fraction of sp³-hybridized carbons (Fsp3) is 0.409. The summed E-state index contributed by atoms with van der Waals surface area (Å²) in [6.07, 6.45) is 0.543. The third kappa shape index (κ3) is 5.17. The minimum absolute atomic E-state index is 0.170. The predicted octanol–water partition coefficient (Wildman–Crippen LogP) is 2.22. The normalized spacial score (nSPS) is 14.8. The van der Waals surface area contributed by atoms with Crippen LogP contribution in [0.4, 0.5) is 0 Å². The molecule has 9 heteroatoms. The molecule has 1 aliphatic heterocycles. The summed E-state index contributed by atoms with van der Waals surface area (Å²) in [5, 5.41) is 2.83. The molecule has 0 unspecified atom stereocenters. The van der Waals surface area contributed by atoms with Gasteiger partial charge in [-0.1, -0.05) is 13.0 Å². The number of hydrogen-bond donors (Lipinski definition) is 1. The number of ether oxygens (including phenoxy) is 3. The highest BCUT2D eigenvalue weighted by Gasteiger charge is 2.29. The van der Waals surface area contributed by atoms with Crippen molar-refractivity contribution in [3.63, 3.8) is 0 Å². The Labute approximate surface area is 183 Å². The van der Waals surface area contributed by atoms with Crippen molar-refractivity contribution < 1.29 is 27.4 Å². The number of amides is 1. The molecule has 0 radical (unpaired) electrons. The monoisotopic (exact) mass is 448 g/mol. The predicted molar refractivity (Wildman–Crippen MR) is 116 cm³/mol. The van der Waals surface area contributed by atoms with E-state index < -0.39 is 10.0 Å². The zero-order chi connectivity index (χ0) is 22.4. The van der Waals surface area contributed by atoms with Crippen molar-refractivity contribution in [1.82, 2.24) is 9.62 Å². The summed E-state index contributed by atoms with van der Waals surface area (Å²) < 4.78 is 43.6. The lowest BCUT2D eigenvalue weighted by molar-refractivity contribution is 0.0730. The van der Waals surface area contributed by atoms with Crippen LogP contribution in [0.25, 0.3) is 0 Å². The van der Waals surface area contributed by atoms with E-state index in [0.29, 0.717) is 49.8 Å². The van der Waals surface area contributed by atoms with Gasteiger partial charge >= 0.3 is 0 Å². The summed E-state index contributed by atoms with van der Waals surface area (Å²) >= 11 is 0. The quantitative estimate of drug-likeness (QED) is 0.666. The van der Waals surface area contributed by atoms with Crippen LogP contribution < -0.4 is 14.8 Å². The van der Waals surface area contributed by atoms with E-state index in [1.807, 2.05) is 6.92 Å². The van der Waals surface area contributed by atoms with Crippen molar-refractivity contribution in [2.24, 2.45) is 0 Å². The van der Waals surface area contributed by atoms with Gasteiger partial charge in [0.15, 0.2) is 0 Å². The van der Waals surface area contributed by atoms with Crippen molar-refractivity contribution in [1.29, 1.82) is 0 Å². The number of methoxy groups -OCH3 is 2. The maximum absolute atomic E-state index is 13.2. The van der Waals surface area contributed by atoms with Gasteiger partial charge in [0.2, 0.25) is 10.0 Å². The Kier molecular flexibility index (Phi) is 7.53. The Bertz CT molecular complexity index is 1030. The van der Waals surface area contributed by atoms with Crippen LogP contribution in [0.3, 0.4) is 0 Å². The lowest BCUT2D eigenvalue weighted by Crippen LogP contribution is -2.41. The van der Waals surface area contributed by atoms with Crippen LogP contribution in [-0.2, 0) is 27.7 Å². The molecule has 0 aliphatic carbocycles. The second-order valence-electron chi connectivity index (χ2n) is 7.05. The van der Waals surface area contributed by atoms with Crippen molar-refractivity contribution in [2.45, 2.75) is 24.8 Å². The summed E-state index contributed by atoms with van der Waals surface area (Å²) in [5.41, 5.74) is 1.71. The molecule has 1 heterocycles. The zero-order valence-electron chi connectivity index (χ0n) is 18.0. The molecule has 1 amide bonds. The standard InChI is InChI=1S/C22H28N2O6S/c1-4-16-5-6-17(14-21(16)31(26,27)24-9-11-30-12-10-24)22(25)23-15-18-13-19(28-2)7-8-20(18)29-3/h5-8,13-14H,4,9-12,15H2,1-3H3,(H,23,25). The first kappa shape index (κ1) is 23.1. The van der Waals surface area contributed by atoms with E-state index in [4.69, 9.17) is 14.2 Å². The molecule has 31 heavy (non-hydrogen) atoms. The van der Waals surface area contributed by atoms with E-state index in [1.165, 1.54) is 10.4 Å². The average molecular weight is 449 g/mol. The van der Waals surface area contributed by atoms with Gasteiger partial charge in [0.25, 0.3) is 5.91 Å². The number of sulfonamides is 1. The Balaban J connectivity index is 1.83. The number of morpholine rings is 1. The average Bonchev–Trinajstić information content (AvgIpc) is 2.82. The number of aryl methyl sites for hydroxylation is 1. The molecule has 0 aromatic heterocycles. The molecule has 0 atom stereocenters. The first-order valence-electron chi connectivity index (χ1n) is 10.1. The largest absolute Gasteiger partial charge is 0.497 e. The van der Waals surface area contributed by atoms with Gasteiger partial charge in [0, 0.05) is 30.8 Å². The summed E-state index contributed by atoms with van der Waals surface area (Å²) in [4.78, 5) is 13.0. The van der Waals surface area contributed by atoms with Gasteiger partial charge in [-0.2, -0.15) is 4.31 Å². The summed E-state index contributed by atoms with van der Waals surface area (Å²) in [7, 11) is -0.590. The second-order valence-corrected chi connectivity index (χ2v) is 8.96. The molecular weight excluding hydrogens is 420 g/mol. The Morgan fingerprint density at radius 3 is 2.45 bits per heavy atom. The molecule has 1 aliphatic rings. The minimum atomic E-state index is -3.71. The molecule has 2 aromatic rings. The third-order valence-electron chi connectivity index (χ3n) is 5.23. The lowest BCUT2D eigenvalue weighted by atomic mass is 10.1. The highest BCUT2D eigenvalue weighted by atomic mass is 32.2. The first-order valence-corrected chi connectivity index (χ1v) is 11.5. The van der Waals surface area contributed by atoms with E-state index in [0.717, 1.165) is 5.56 Å². The zero-order valence-corrected chi connectivity index (χ0v) is 18.8. The molecule has 1 fully saturated rings. The number of nitrogens with zero attached hydrogens (tertiary/aromatic N) is 1. The molecule has 2 aromatic carbocycles. The molecule has 1 N–H and O–H groups in total. The minimum Gasteiger partial charge on any atom is -0.497 e. The molecule has 3 rings (SSSR count). The van der Waals surface area contributed by atoms with Gasteiger partial charge in [-0.3, -0.25) is 4.79 Å². The maximum atomic E-state index is 13.2. The topological polar surface area (TPSA) is 94.2 Å². The fourth-order valence-electron chi connectivity index (χ4n) is 3.45. The summed E-state index contributed by atoms with van der Waals surface area (Å²) in [6, 6.07) is 10.1. The summed E-state index contributed by atoms with van der Waals surface area (Å²) in [6.45, 7) is 3.43. The van der Waals surface area contributed by atoms with Gasteiger partial charge < -0.3 is 19.5 Å². The van der Waals surface area contributed by atoms with Crippen LogP contribution in [-0.4, -0.2) is 59.2 Å². The number of carbonyl (C=O) groups excluding carboxylic acids is 1. The summed E-state index contributed by atoms with van der Waals surface area (Å²) in [5.74, 6) is 0.903. The third-order valence-corrected chi connectivity index (χ3v) is 7.21. The lowest BCUT2D eigenvalue weighted by Gasteiger charge is -2.27. The fourth-order valence-corrected chi connectivity index (χ4v) is 5.18. The van der Waals surface area contributed by atoms with E-state index in [-0.39, 0.29) is 22.9 Å². The van der Waals surface area contributed by atoms with Crippen molar-refractivity contribution in [2.75, 3.05) is 40.5 Å². The van der Waals surface area contributed by atoms with E-state index in [9.17, 15) is 13.2 Å².